The lowest BCUT2D eigenvalue weighted by Gasteiger charge is -2.33. The van der Waals surface area contributed by atoms with Crippen molar-refractivity contribution in [3.63, 3.8) is 0 Å². The predicted molar refractivity (Wildman–Crippen MR) is 113 cm³/mol. The van der Waals surface area contributed by atoms with Crippen LogP contribution in [0.15, 0.2) is 40.5 Å². The van der Waals surface area contributed by atoms with E-state index in [9.17, 15) is 4.79 Å². The first-order chi connectivity index (χ1) is 13.6. The van der Waals surface area contributed by atoms with E-state index < -0.39 is 0 Å². The molecule has 28 heavy (non-hydrogen) atoms. The largest absolute Gasteiger partial charge is 0.356 e. The normalized spacial score (nSPS) is 17.9. The summed E-state index contributed by atoms with van der Waals surface area (Å²) in [6.45, 7) is 7.91. The molecular weight excluding hydrogens is 368 g/mol. The summed E-state index contributed by atoms with van der Waals surface area (Å²) < 4.78 is 0. The van der Waals surface area contributed by atoms with Crippen LogP contribution >= 0.6 is 11.8 Å². The van der Waals surface area contributed by atoms with E-state index >= 15 is 0 Å². The summed E-state index contributed by atoms with van der Waals surface area (Å²) in [4.78, 5) is 27.2. The number of piperidine rings is 1. The zero-order chi connectivity index (χ0) is 19.5. The van der Waals surface area contributed by atoms with Gasteiger partial charge in [-0.15, -0.1) is 0 Å². The molecule has 1 aromatic carbocycles. The fraction of sp³-hybridized carbons (Fsp3) is 0.500. The Kier molecular flexibility index (Phi) is 5.85. The van der Waals surface area contributed by atoms with Crippen molar-refractivity contribution in [2.45, 2.75) is 49.5 Å². The summed E-state index contributed by atoms with van der Waals surface area (Å²) >= 11 is 1.69. The molecule has 0 bridgehead atoms. The van der Waals surface area contributed by atoms with Crippen LogP contribution in [0.25, 0.3) is 0 Å². The van der Waals surface area contributed by atoms with Crippen LogP contribution in [0.1, 0.15) is 36.8 Å². The van der Waals surface area contributed by atoms with Crippen molar-refractivity contribution >= 4 is 23.5 Å². The molecular formula is C22H28N4OS. The van der Waals surface area contributed by atoms with Gasteiger partial charge in [-0.3, -0.25) is 4.79 Å². The summed E-state index contributed by atoms with van der Waals surface area (Å²) in [5, 5.41) is 0.967. The van der Waals surface area contributed by atoms with Crippen LogP contribution in [0, 0.1) is 19.8 Å². The highest BCUT2D eigenvalue weighted by Gasteiger charge is 2.30. The lowest BCUT2D eigenvalue weighted by Crippen LogP contribution is -2.41. The van der Waals surface area contributed by atoms with Crippen LogP contribution in [0.3, 0.4) is 0 Å². The molecule has 3 heterocycles. The highest BCUT2D eigenvalue weighted by Crippen LogP contribution is 2.32. The van der Waals surface area contributed by atoms with E-state index in [-0.39, 0.29) is 5.92 Å². The van der Waals surface area contributed by atoms with Crippen LogP contribution in [-0.2, 0) is 4.79 Å². The Balaban J connectivity index is 1.40. The first kappa shape index (κ1) is 19.2. The molecule has 2 aromatic rings. The zero-order valence-corrected chi connectivity index (χ0v) is 17.5. The summed E-state index contributed by atoms with van der Waals surface area (Å²) in [6.07, 6.45) is 5.81. The predicted octanol–water partition coefficient (Wildman–Crippen LogP) is 4.08. The van der Waals surface area contributed by atoms with Gasteiger partial charge >= 0.3 is 0 Å². The maximum absolute atomic E-state index is 12.6. The second-order valence-corrected chi connectivity index (χ2v) is 8.94. The van der Waals surface area contributed by atoms with Crippen molar-refractivity contribution < 1.29 is 4.79 Å². The average molecular weight is 397 g/mol. The third-order valence-corrected chi connectivity index (χ3v) is 6.86. The number of anilines is 1. The molecule has 0 radical (unpaired) electrons. The van der Waals surface area contributed by atoms with Crippen LogP contribution in [0.5, 0.6) is 0 Å². The van der Waals surface area contributed by atoms with Crippen LogP contribution in [0.2, 0.25) is 0 Å². The van der Waals surface area contributed by atoms with Gasteiger partial charge in [0.15, 0.2) is 0 Å². The number of hydrogen-bond donors (Lipinski definition) is 0. The molecule has 6 heteroatoms. The van der Waals surface area contributed by atoms with Gasteiger partial charge in [0.25, 0.3) is 0 Å². The Hall–Kier alpha value is -2.08. The molecule has 4 rings (SSSR count). The molecule has 2 aliphatic rings. The molecule has 1 aromatic heterocycles. The van der Waals surface area contributed by atoms with Crippen molar-refractivity contribution in [2.24, 2.45) is 5.92 Å². The maximum atomic E-state index is 12.6. The minimum absolute atomic E-state index is 0.181. The Labute approximate surface area is 171 Å². The number of aryl methyl sites for hydroxylation is 2. The highest BCUT2D eigenvalue weighted by molar-refractivity contribution is 7.99. The SMILES string of the molecule is Cc1ccc(C)c(Sc2cc(N3CCC(C(=O)N4CCCC4)CC3)ncn2)c1. The minimum atomic E-state index is 0.181. The van der Waals surface area contributed by atoms with E-state index in [1.165, 1.54) is 16.0 Å². The number of carbonyl (C=O) groups excluding carboxylic acids is 1. The third kappa shape index (κ3) is 4.32. The zero-order valence-electron chi connectivity index (χ0n) is 16.7. The number of carbonyl (C=O) groups is 1. The van der Waals surface area contributed by atoms with E-state index in [0.29, 0.717) is 5.91 Å². The summed E-state index contributed by atoms with van der Waals surface area (Å²) in [7, 11) is 0. The van der Waals surface area contributed by atoms with Gasteiger partial charge in [-0.25, -0.2) is 9.97 Å². The molecule has 1 amide bonds. The highest BCUT2D eigenvalue weighted by atomic mass is 32.2. The fourth-order valence-electron chi connectivity index (χ4n) is 4.04. The molecule has 2 saturated heterocycles. The topological polar surface area (TPSA) is 49.3 Å². The van der Waals surface area contributed by atoms with E-state index in [0.717, 1.165) is 62.7 Å². The van der Waals surface area contributed by atoms with Crippen molar-refractivity contribution in [2.75, 3.05) is 31.1 Å². The number of likely N-dealkylation sites (tertiary alicyclic amines) is 1. The van der Waals surface area contributed by atoms with Gasteiger partial charge in [0.2, 0.25) is 5.91 Å². The van der Waals surface area contributed by atoms with E-state index in [1.807, 2.05) is 0 Å². The molecule has 0 unspecified atom stereocenters. The molecule has 2 aliphatic heterocycles. The molecule has 0 atom stereocenters. The monoisotopic (exact) mass is 396 g/mol. The van der Waals surface area contributed by atoms with Gasteiger partial charge in [-0.05, 0) is 56.7 Å². The third-order valence-electron chi connectivity index (χ3n) is 5.77. The van der Waals surface area contributed by atoms with Crippen molar-refractivity contribution in [3.8, 4) is 0 Å². The summed E-state index contributed by atoms with van der Waals surface area (Å²) in [5.74, 6) is 1.51. The van der Waals surface area contributed by atoms with Crippen LogP contribution in [0.4, 0.5) is 5.82 Å². The van der Waals surface area contributed by atoms with E-state index in [2.05, 4.69) is 57.9 Å². The molecule has 0 aliphatic carbocycles. The average Bonchev–Trinajstić information content (AvgIpc) is 3.25. The van der Waals surface area contributed by atoms with Crippen LogP contribution in [-0.4, -0.2) is 47.0 Å². The Morgan fingerprint density at radius 2 is 1.79 bits per heavy atom. The van der Waals surface area contributed by atoms with Crippen molar-refractivity contribution in [1.29, 1.82) is 0 Å². The molecule has 0 spiro atoms. The van der Waals surface area contributed by atoms with Gasteiger partial charge in [0.1, 0.15) is 17.2 Å². The van der Waals surface area contributed by atoms with Gasteiger partial charge in [-0.1, -0.05) is 23.9 Å². The van der Waals surface area contributed by atoms with E-state index in [1.54, 1.807) is 18.1 Å². The van der Waals surface area contributed by atoms with Gasteiger partial charge in [0, 0.05) is 43.1 Å². The fourth-order valence-corrected chi connectivity index (χ4v) is 5.00. The maximum Gasteiger partial charge on any atom is 0.225 e. The Morgan fingerprint density at radius 1 is 1.04 bits per heavy atom. The minimum Gasteiger partial charge on any atom is -0.356 e. The second kappa shape index (κ2) is 8.52. The second-order valence-electron chi connectivity index (χ2n) is 7.88. The molecule has 5 nitrogen and oxygen atoms in total. The summed E-state index contributed by atoms with van der Waals surface area (Å²) in [5.41, 5.74) is 2.52. The Bertz CT molecular complexity index is 842. The number of benzene rings is 1. The molecule has 2 fully saturated rings. The number of amides is 1. The van der Waals surface area contributed by atoms with Crippen molar-refractivity contribution in [1.82, 2.24) is 14.9 Å². The quantitative estimate of drug-likeness (QED) is 0.729. The number of nitrogens with zero attached hydrogens (tertiary/aromatic N) is 4. The first-order valence-corrected chi connectivity index (χ1v) is 11.0. The number of aromatic nitrogens is 2. The van der Waals surface area contributed by atoms with Gasteiger partial charge < -0.3 is 9.80 Å². The molecule has 148 valence electrons. The smallest absolute Gasteiger partial charge is 0.225 e. The van der Waals surface area contributed by atoms with Gasteiger partial charge in [-0.2, -0.15) is 0 Å². The molecule has 0 N–H and O–H groups in total. The summed E-state index contributed by atoms with van der Waals surface area (Å²) in [6, 6.07) is 8.58. The number of hydrogen-bond acceptors (Lipinski definition) is 5. The Morgan fingerprint density at radius 3 is 2.54 bits per heavy atom. The first-order valence-electron chi connectivity index (χ1n) is 10.2. The lowest BCUT2D eigenvalue weighted by atomic mass is 9.95. The lowest BCUT2D eigenvalue weighted by molar-refractivity contribution is -0.135. The number of rotatable bonds is 4. The van der Waals surface area contributed by atoms with Crippen LogP contribution < -0.4 is 4.90 Å². The standard InChI is InChI=1S/C22H28N4OS/c1-16-5-6-17(2)19(13-16)28-21-14-20(23-15-24-21)25-11-7-18(8-12-25)22(27)26-9-3-4-10-26/h5-6,13-15,18H,3-4,7-12H2,1-2H3. The molecule has 0 saturated carbocycles. The van der Waals surface area contributed by atoms with Crippen molar-refractivity contribution in [3.05, 3.63) is 41.7 Å². The van der Waals surface area contributed by atoms with E-state index in [4.69, 9.17) is 0 Å². The van der Waals surface area contributed by atoms with Gasteiger partial charge in [0.05, 0.1) is 0 Å².